The lowest BCUT2D eigenvalue weighted by atomic mass is 10.1. The second kappa shape index (κ2) is 6.96. The molecule has 0 spiro atoms. The van der Waals surface area contributed by atoms with E-state index in [2.05, 4.69) is 35.6 Å². The summed E-state index contributed by atoms with van der Waals surface area (Å²) in [6.45, 7) is 13.5. The molecule has 2 heterocycles. The van der Waals surface area contributed by atoms with Crippen molar-refractivity contribution in [3.63, 3.8) is 0 Å². The third-order valence-corrected chi connectivity index (χ3v) is 4.94. The molecule has 5 heteroatoms. The van der Waals surface area contributed by atoms with Gasteiger partial charge in [-0.05, 0) is 53.5 Å². The summed E-state index contributed by atoms with van der Waals surface area (Å²) in [5.41, 5.74) is 1.32. The first kappa shape index (κ1) is 17.6. The van der Waals surface area contributed by atoms with Crippen molar-refractivity contribution in [2.45, 2.75) is 52.6 Å². The summed E-state index contributed by atoms with van der Waals surface area (Å²) in [7, 11) is 0. The fourth-order valence-electron chi connectivity index (χ4n) is 3.27. The third-order valence-electron chi connectivity index (χ3n) is 4.94. The van der Waals surface area contributed by atoms with E-state index in [0.29, 0.717) is 17.2 Å². The van der Waals surface area contributed by atoms with Crippen molar-refractivity contribution in [3.8, 4) is 5.88 Å². The Labute approximate surface area is 145 Å². The summed E-state index contributed by atoms with van der Waals surface area (Å²) < 4.78 is 11.9. The van der Waals surface area contributed by atoms with Gasteiger partial charge in [-0.25, -0.2) is 9.97 Å². The predicted molar refractivity (Wildman–Crippen MR) is 94.2 cm³/mol. The maximum absolute atomic E-state index is 6.04. The van der Waals surface area contributed by atoms with E-state index >= 15 is 0 Å². The van der Waals surface area contributed by atoms with E-state index < -0.39 is 0 Å². The Balaban J connectivity index is 1.41. The van der Waals surface area contributed by atoms with Crippen LogP contribution in [0.4, 0.5) is 0 Å². The summed E-state index contributed by atoms with van der Waals surface area (Å²) in [6.07, 6.45) is 5.39. The van der Waals surface area contributed by atoms with Gasteiger partial charge in [-0.2, -0.15) is 0 Å². The lowest BCUT2D eigenvalue weighted by Gasteiger charge is -2.27. The highest BCUT2D eigenvalue weighted by atomic mass is 16.5. The quantitative estimate of drug-likeness (QED) is 0.767. The van der Waals surface area contributed by atoms with Gasteiger partial charge >= 0.3 is 0 Å². The molecule has 5 nitrogen and oxygen atoms in total. The van der Waals surface area contributed by atoms with Crippen LogP contribution in [0.5, 0.6) is 5.88 Å². The summed E-state index contributed by atoms with van der Waals surface area (Å²) in [5, 5.41) is 0. The van der Waals surface area contributed by atoms with Gasteiger partial charge in [0.15, 0.2) is 0 Å². The first-order valence-corrected chi connectivity index (χ1v) is 9.11. The van der Waals surface area contributed by atoms with Crippen LogP contribution in [-0.2, 0) is 4.74 Å². The maximum Gasteiger partial charge on any atom is 0.216 e. The van der Waals surface area contributed by atoms with Gasteiger partial charge in [0.1, 0.15) is 6.33 Å². The monoisotopic (exact) mass is 333 g/mol. The van der Waals surface area contributed by atoms with E-state index in [-0.39, 0.29) is 5.60 Å². The van der Waals surface area contributed by atoms with Gasteiger partial charge in [0.2, 0.25) is 5.88 Å². The number of aryl methyl sites for hydroxylation is 1. The van der Waals surface area contributed by atoms with Crippen molar-refractivity contribution < 1.29 is 9.47 Å². The number of nitrogens with zero attached hydrogens (tertiary/aromatic N) is 3. The molecule has 2 aliphatic rings. The molecule has 0 unspecified atom stereocenters. The fourth-order valence-corrected chi connectivity index (χ4v) is 3.27. The second-order valence-electron chi connectivity index (χ2n) is 8.60. The average molecular weight is 333 g/mol. The lowest BCUT2D eigenvalue weighted by molar-refractivity contribution is -0.0331. The molecule has 0 aromatic carbocycles. The standard InChI is InChI=1S/C19H31N3O2/c1-15-9-17(21-14-20-15)23-11-16-5-8-22(10-16)12-19(6-7-19)13-24-18(2,3)4/h9,14,16H,5-8,10-13H2,1-4H3/t16-/m0/s1. The molecule has 134 valence electrons. The van der Waals surface area contributed by atoms with Gasteiger partial charge in [-0.3, -0.25) is 0 Å². The van der Waals surface area contributed by atoms with Crippen LogP contribution in [0.3, 0.4) is 0 Å². The number of aromatic nitrogens is 2. The zero-order chi connectivity index (χ0) is 17.2. The number of likely N-dealkylation sites (tertiary alicyclic amines) is 1. The molecule has 1 aliphatic heterocycles. The minimum Gasteiger partial charge on any atom is -0.477 e. The SMILES string of the molecule is Cc1cc(OC[C@H]2CCN(CC3(COC(C)(C)C)CC3)C2)ncn1. The number of ether oxygens (including phenoxy) is 2. The van der Waals surface area contributed by atoms with E-state index in [1.165, 1.54) is 32.4 Å². The highest BCUT2D eigenvalue weighted by Gasteiger charge is 2.45. The molecule has 0 radical (unpaired) electrons. The van der Waals surface area contributed by atoms with Gasteiger partial charge in [-0.1, -0.05) is 0 Å². The van der Waals surface area contributed by atoms with E-state index in [1.807, 2.05) is 13.0 Å². The first-order valence-electron chi connectivity index (χ1n) is 9.11. The van der Waals surface area contributed by atoms with Crippen molar-refractivity contribution in [3.05, 3.63) is 18.1 Å². The number of rotatable bonds is 7. The van der Waals surface area contributed by atoms with E-state index in [4.69, 9.17) is 9.47 Å². The van der Waals surface area contributed by atoms with Crippen molar-refractivity contribution in [2.24, 2.45) is 11.3 Å². The Morgan fingerprint density at radius 1 is 1.29 bits per heavy atom. The van der Waals surface area contributed by atoms with Crippen LogP contribution in [-0.4, -0.2) is 53.3 Å². The molecule has 3 rings (SSSR count). The van der Waals surface area contributed by atoms with E-state index in [0.717, 1.165) is 25.5 Å². The molecule has 1 aromatic heterocycles. The van der Waals surface area contributed by atoms with Crippen LogP contribution in [0, 0.1) is 18.3 Å². The molecule has 1 saturated heterocycles. The molecule has 0 amide bonds. The van der Waals surface area contributed by atoms with E-state index in [9.17, 15) is 0 Å². The molecule has 1 aromatic rings. The van der Waals surface area contributed by atoms with Gasteiger partial charge in [0, 0.05) is 36.2 Å². The Hall–Kier alpha value is -1.20. The van der Waals surface area contributed by atoms with Crippen LogP contribution in [0.15, 0.2) is 12.4 Å². The summed E-state index contributed by atoms with van der Waals surface area (Å²) in [5.74, 6) is 1.29. The molecule has 2 fully saturated rings. The molecule has 24 heavy (non-hydrogen) atoms. The fraction of sp³-hybridized carbons (Fsp3) is 0.789. The molecule has 0 N–H and O–H groups in total. The minimum atomic E-state index is -0.0351. The Bertz CT molecular complexity index is 552. The molecule has 1 atom stereocenters. The van der Waals surface area contributed by atoms with Crippen LogP contribution >= 0.6 is 0 Å². The van der Waals surface area contributed by atoms with Crippen LogP contribution in [0.2, 0.25) is 0 Å². The van der Waals surface area contributed by atoms with Gasteiger partial charge in [-0.15, -0.1) is 0 Å². The molecule has 0 bridgehead atoms. The molecule has 1 saturated carbocycles. The first-order chi connectivity index (χ1) is 11.3. The van der Waals surface area contributed by atoms with Crippen molar-refractivity contribution in [1.29, 1.82) is 0 Å². The molecular weight excluding hydrogens is 302 g/mol. The topological polar surface area (TPSA) is 47.5 Å². The predicted octanol–water partition coefficient (Wildman–Crippen LogP) is 3.08. The Kier molecular flexibility index (Phi) is 5.11. The zero-order valence-electron chi connectivity index (χ0n) is 15.5. The molecule has 1 aliphatic carbocycles. The largest absolute Gasteiger partial charge is 0.477 e. The number of hydrogen-bond acceptors (Lipinski definition) is 5. The van der Waals surface area contributed by atoms with Crippen LogP contribution in [0.1, 0.15) is 45.7 Å². The third kappa shape index (κ3) is 5.15. The normalized spacial score (nSPS) is 23.4. The smallest absolute Gasteiger partial charge is 0.216 e. The van der Waals surface area contributed by atoms with E-state index in [1.54, 1.807) is 6.33 Å². The maximum atomic E-state index is 6.04. The van der Waals surface area contributed by atoms with Gasteiger partial charge < -0.3 is 14.4 Å². The van der Waals surface area contributed by atoms with Crippen LogP contribution < -0.4 is 4.74 Å². The Morgan fingerprint density at radius 2 is 2.08 bits per heavy atom. The Morgan fingerprint density at radius 3 is 2.75 bits per heavy atom. The van der Waals surface area contributed by atoms with Crippen molar-refractivity contribution >= 4 is 0 Å². The minimum absolute atomic E-state index is 0.0351. The van der Waals surface area contributed by atoms with Gasteiger partial charge in [0.05, 0.1) is 18.8 Å². The van der Waals surface area contributed by atoms with Crippen molar-refractivity contribution in [1.82, 2.24) is 14.9 Å². The lowest BCUT2D eigenvalue weighted by Crippen LogP contribution is -2.34. The average Bonchev–Trinajstić information content (AvgIpc) is 3.13. The van der Waals surface area contributed by atoms with Crippen molar-refractivity contribution in [2.75, 3.05) is 32.8 Å². The highest BCUT2D eigenvalue weighted by Crippen LogP contribution is 2.47. The van der Waals surface area contributed by atoms with Gasteiger partial charge in [0.25, 0.3) is 0 Å². The highest BCUT2D eigenvalue weighted by molar-refractivity contribution is 5.11. The summed E-state index contributed by atoms with van der Waals surface area (Å²) in [4.78, 5) is 10.9. The summed E-state index contributed by atoms with van der Waals surface area (Å²) >= 11 is 0. The summed E-state index contributed by atoms with van der Waals surface area (Å²) in [6, 6.07) is 1.90. The molecular formula is C19H31N3O2. The van der Waals surface area contributed by atoms with Crippen LogP contribution in [0.25, 0.3) is 0 Å². The zero-order valence-corrected chi connectivity index (χ0v) is 15.5. The number of hydrogen-bond donors (Lipinski definition) is 0. The second-order valence-corrected chi connectivity index (χ2v) is 8.60.